The Kier molecular flexibility index (Phi) is 6.51. The van der Waals surface area contributed by atoms with Gasteiger partial charge in [0.2, 0.25) is 5.90 Å². The van der Waals surface area contributed by atoms with E-state index >= 15 is 0 Å². The quantitative estimate of drug-likeness (QED) is 0.366. The number of rotatable bonds is 8. The molecule has 5 nitrogen and oxygen atoms in total. The van der Waals surface area contributed by atoms with Gasteiger partial charge in [-0.25, -0.2) is 4.99 Å². The van der Waals surface area contributed by atoms with Crippen LogP contribution in [0.1, 0.15) is 47.1 Å². The van der Waals surface area contributed by atoms with Crippen LogP contribution in [0.3, 0.4) is 0 Å². The fourth-order valence-corrected chi connectivity index (χ4v) is 5.10. The molecule has 178 valence electrons. The molecule has 0 saturated carbocycles. The number of ether oxygens (including phenoxy) is 2. The zero-order valence-corrected chi connectivity index (χ0v) is 19.6. The molecule has 1 heterocycles. The van der Waals surface area contributed by atoms with E-state index in [-0.39, 0.29) is 18.3 Å². The first kappa shape index (κ1) is 23.1. The highest BCUT2D eigenvalue weighted by molar-refractivity contribution is 6.04. The number of allylic oxidation sites excluding steroid dienone is 1. The lowest BCUT2D eigenvalue weighted by atomic mass is 9.67. The Labute approximate surface area is 205 Å². The maximum Gasteiger partial charge on any atom is 0.217 e. The summed E-state index contributed by atoms with van der Waals surface area (Å²) in [5.74, 6) is 0.941. The van der Waals surface area contributed by atoms with Crippen molar-refractivity contribution in [3.8, 4) is 5.75 Å². The molecule has 1 N–H and O–H groups in total. The standard InChI is InChI=1S/C30H29NO4/c1-2-9-26-25-13-7-6-12-23(25)20-30(27(26)33)28(21-10-4-3-5-11-21)35-29(31-30)22-14-16-24(17-15-22)34-19-8-18-32/h2-7,10-17,26,28,32H,1,8-9,18-20H2/t26?,28-,30+/m1/s1. The van der Waals surface area contributed by atoms with Crippen LogP contribution in [0, 0.1) is 0 Å². The van der Waals surface area contributed by atoms with E-state index < -0.39 is 11.6 Å². The molecule has 0 amide bonds. The molecule has 0 fully saturated rings. The van der Waals surface area contributed by atoms with Crippen LogP contribution < -0.4 is 4.74 Å². The van der Waals surface area contributed by atoms with Gasteiger partial charge in [-0.3, -0.25) is 4.79 Å². The summed E-state index contributed by atoms with van der Waals surface area (Å²) in [6.07, 6.45) is 2.91. The van der Waals surface area contributed by atoms with Crippen molar-refractivity contribution in [1.82, 2.24) is 0 Å². The molecule has 3 aromatic carbocycles. The van der Waals surface area contributed by atoms with Crippen molar-refractivity contribution in [2.75, 3.05) is 13.2 Å². The van der Waals surface area contributed by atoms with Crippen molar-refractivity contribution in [1.29, 1.82) is 0 Å². The molecule has 1 unspecified atom stereocenters. The molecule has 0 radical (unpaired) electrons. The maximum atomic E-state index is 14.2. The summed E-state index contributed by atoms with van der Waals surface area (Å²) in [6.45, 7) is 4.45. The van der Waals surface area contributed by atoms with Crippen molar-refractivity contribution in [3.05, 3.63) is 114 Å². The summed E-state index contributed by atoms with van der Waals surface area (Å²) in [4.78, 5) is 19.2. The van der Waals surface area contributed by atoms with Crippen LogP contribution in [0.25, 0.3) is 0 Å². The van der Waals surface area contributed by atoms with Gasteiger partial charge in [0, 0.05) is 30.9 Å². The number of aliphatic imine (C=N–C) groups is 1. The van der Waals surface area contributed by atoms with E-state index in [2.05, 4.69) is 12.6 Å². The SMILES string of the molecule is C=CCC1C(=O)[C@]2(Cc3ccccc31)N=C(c1ccc(OCCCO)cc1)O[C@@H]2c1ccccc1. The lowest BCUT2D eigenvalue weighted by molar-refractivity contribution is -0.129. The lowest BCUT2D eigenvalue weighted by Gasteiger charge is -2.38. The minimum atomic E-state index is -1.05. The third-order valence-corrected chi connectivity index (χ3v) is 6.78. The van der Waals surface area contributed by atoms with E-state index in [1.54, 1.807) is 0 Å². The predicted octanol–water partition coefficient (Wildman–Crippen LogP) is 5.19. The highest BCUT2D eigenvalue weighted by Crippen LogP contribution is 2.49. The molecular weight excluding hydrogens is 438 g/mol. The second-order valence-corrected chi connectivity index (χ2v) is 9.02. The van der Waals surface area contributed by atoms with Gasteiger partial charge >= 0.3 is 0 Å². The van der Waals surface area contributed by atoms with E-state index in [1.165, 1.54) is 0 Å². The van der Waals surface area contributed by atoms with Gasteiger partial charge in [-0.2, -0.15) is 0 Å². The molecule has 1 aliphatic carbocycles. The molecule has 5 heteroatoms. The van der Waals surface area contributed by atoms with E-state index in [0.29, 0.717) is 37.5 Å². The second kappa shape index (κ2) is 9.88. The average molecular weight is 468 g/mol. The number of Topliss-reactive ketones (excluding diaryl/α,β-unsaturated/α-hetero) is 1. The van der Waals surface area contributed by atoms with Crippen LogP contribution in [0.4, 0.5) is 0 Å². The average Bonchev–Trinajstić information content (AvgIpc) is 3.28. The number of nitrogens with zero attached hydrogens (tertiary/aromatic N) is 1. The van der Waals surface area contributed by atoms with Gasteiger partial charge in [-0.1, -0.05) is 60.7 Å². The molecule has 5 rings (SSSR count). The number of hydrogen-bond acceptors (Lipinski definition) is 5. The summed E-state index contributed by atoms with van der Waals surface area (Å²) >= 11 is 0. The minimum Gasteiger partial charge on any atom is -0.494 e. The van der Waals surface area contributed by atoms with E-state index in [9.17, 15) is 4.79 Å². The number of hydrogen-bond donors (Lipinski definition) is 1. The highest BCUT2D eigenvalue weighted by Gasteiger charge is 2.57. The van der Waals surface area contributed by atoms with Crippen LogP contribution in [0.5, 0.6) is 5.75 Å². The lowest BCUT2D eigenvalue weighted by Crippen LogP contribution is -2.48. The first-order valence-electron chi connectivity index (χ1n) is 12.0. The Bertz CT molecular complexity index is 1230. The second-order valence-electron chi connectivity index (χ2n) is 9.02. The van der Waals surface area contributed by atoms with Crippen molar-refractivity contribution < 1.29 is 19.4 Å². The van der Waals surface area contributed by atoms with E-state index in [1.807, 2.05) is 78.9 Å². The molecule has 0 aromatic heterocycles. The van der Waals surface area contributed by atoms with Gasteiger partial charge in [-0.05, 0) is 47.4 Å². The summed E-state index contributed by atoms with van der Waals surface area (Å²) in [6, 6.07) is 25.5. The van der Waals surface area contributed by atoms with Gasteiger partial charge < -0.3 is 14.6 Å². The summed E-state index contributed by atoms with van der Waals surface area (Å²) in [7, 11) is 0. The highest BCUT2D eigenvalue weighted by atomic mass is 16.5. The van der Waals surface area contributed by atoms with Gasteiger partial charge in [-0.15, -0.1) is 6.58 Å². The van der Waals surface area contributed by atoms with Gasteiger partial charge in [0.1, 0.15) is 5.75 Å². The monoisotopic (exact) mass is 467 g/mol. The van der Waals surface area contributed by atoms with Crippen molar-refractivity contribution >= 4 is 11.7 Å². The molecule has 2 aliphatic rings. The van der Waals surface area contributed by atoms with Crippen molar-refractivity contribution in [3.63, 3.8) is 0 Å². The molecule has 0 bridgehead atoms. The first-order chi connectivity index (χ1) is 17.2. The number of carbonyl (C=O) groups excluding carboxylic acids is 1. The number of carbonyl (C=O) groups is 1. The zero-order valence-electron chi connectivity index (χ0n) is 19.6. The van der Waals surface area contributed by atoms with Crippen LogP contribution in [0.15, 0.2) is 96.5 Å². The number of benzene rings is 3. The zero-order chi connectivity index (χ0) is 24.3. The molecular formula is C30H29NO4. The van der Waals surface area contributed by atoms with Crippen molar-refractivity contribution in [2.45, 2.75) is 36.8 Å². The summed E-state index contributed by atoms with van der Waals surface area (Å²) < 4.78 is 12.2. The number of aliphatic hydroxyl groups excluding tert-OH is 1. The van der Waals surface area contributed by atoms with Gasteiger partial charge in [0.25, 0.3) is 0 Å². The Morgan fingerprint density at radius 3 is 2.54 bits per heavy atom. The van der Waals surface area contributed by atoms with Crippen molar-refractivity contribution in [2.24, 2.45) is 4.99 Å². The van der Waals surface area contributed by atoms with Crippen LogP contribution in [0.2, 0.25) is 0 Å². The third kappa shape index (κ3) is 4.28. The largest absolute Gasteiger partial charge is 0.494 e. The first-order valence-corrected chi connectivity index (χ1v) is 12.0. The van der Waals surface area contributed by atoms with Gasteiger partial charge in [0.15, 0.2) is 17.4 Å². The van der Waals surface area contributed by atoms with Crippen LogP contribution in [-0.4, -0.2) is 35.5 Å². The Hall–Kier alpha value is -3.70. The molecule has 0 saturated heterocycles. The Balaban J connectivity index is 1.56. The molecule has 1 aliphatic heterocycles. The maximum absolute atomic E-state index is 14.2. The van der Waals surface area contributed by atoms with Gasteiger partial charge in [0.05, 0.1) is 6.61 Å². The molecule has 3 aromatic rings. The Morgan fingerprint density at radius 2 is 1.80 bits per heavy atom. The van der Waals surface area contributed by atoms with E-state index in [4.69, 9.17) is 19.6 Å². The molecule has 35 heavy (non-hydrogen) atoms. The number of ketones is 1. The molecule has 1 spiro atoms. The third-order valence-electron chi connectivity index (χ3n) is 6.78. The number of fused-ring (bicyclic) bond motifs is 1. The fourth-order valence-electron chi connectivity index (χ4n) is 5.10. The topological polar surface area (TPSA) is 68.1 Å². The Morgan fingerprint density at radius 1 is 1.06 bits per heavy atom. The number of aliphatic hydroxyl groups is 1. The van der Waals surface area contributed by atoms with E-state index in [0.717, 1.165) is 22.3 Å². The van der Waals surface area contributed by atoms with Crippen LogP contribution >= 0.6 is 0 Å². The summed E-state index contributed by atoms with van der Waals surface area (Å²) in [5, 5.41) is 8.96. The predicted molar refractivity (Wildman–Crippen MR) is 136 cm³/mol. The normalized spacial score (nSPS) is 22.9. The fraction of sp³-hybridized carbons (Fsp3) is 0.267. The molecule has 3 atom stereocenters. The van der Waals surface area contributed by atoms with Crippen LogP contribution in [-0.2, 0) is 16.0 Å². The smallest absolute Gasteiger partial charge is 0.217 e. The minimum absolute atomic E-state index is 0.0731. The summed E-state index contributed by atoms with van der Waals surface area (Å²) in [5.41, 5.74) is 2.86.